The van der Waals surface area contributed by atoms with E-state index in [1.165, 1.54) is 0 Å². The van der Waals surface area contributed by atoms with E-state index in [1.54, 1.807) is 6.92 Å². The van der Waals surface area contributed by atoms with Gasteiger partial charge in [0.15, 0.2) is 0 Å². The van der Waals surface area contributed by atoms with E-state index >= 15 is 0 Å². The molecule has 1 amide bonds. The monoisotopic (exact) mass is 210 g/mol. The summed E-state index contributed by atoms with van der Waals surface area (Å²) in [5.41, 5.74) is 0. The summed E-state index contributed by atoms with van der Waals surface area (Å²) < 4.78 is 5.07. The molecule has 1 aromatic rings. The van der Waals surface area contributed by atoms with Gasteiger partial charge in [-0.2, -0.15) is 0 Å². The first-order valence-electron chi connectivity index (χ1n) is 5.07. The fraction of sp³-hybridized carbons (Fsp3) is 0.667. The summed E-state index contributed by atoms with van der Waals surface area (Å²) in [6, 6.07) is 0.183. The molecule has 1 fully saturated rings. The van der Waals surface area contributed by atoms with Gasteiger partial charge in [0, 0.05) is 13.5 Å². The Hall–Kier alpha value is -1.43. The number of hydrogen-bond donors (Lipinski definition) is 2. The molecule has 2 heterocycles. The van der Waals surface area contributed by atoms with Crippen LogP contribution in [0.1, 0.15) is 18.7 Å². The van der Waals surface area contributed by atoms with E-state index in [2.05, 4.69) is 20.8 Å². The lowest BCUT2D eigenvalue weighted by atomic mass is 9.99. The molecule has 1 atom stereocenters. The first-order valence-corrected chi connectivity index (χ1v) is 5.07. The van der Waals surface area contributed by atoms with Gasteiger partial charge < -0.3 is 9.73 Å². The smallest absolute Gasteiger partial charge is 0.322 e. The SMILES string of the molecule is Cc1nnc(NC(=O)C2CCCNC2)o1. The maximum Gasteiger partial charge on any atom is 0.322 e. The van der Waals surface area contributed by atoms with E-state index in [9.17, 15) is 4.79 Å². The number of aromatic nitrogens is 2. The Bertz CT molecular complexity index is 344. The molecular weight excluding hydrogens is 196 g/mol. The Balaban J connectivity index is 1.91. The molecule has 1 aromatic heterocycles. The van der Waals surface area contributed by atoms with Gasteiger partial charge in [0.25, 0.3) is 0 Å². The van der Waals surface area contributed by atoms with Gasteiger partial charge in [-0.1, -0.05) is 5.10 Å². The van der Waals surface area contributed by atoms with Crippen LogP contribution < -0.4 is 10.6 Å². The summed E-state index contributed by atoms with van der Waals surface area (Å²) in [7, 11) is 0. The highest BCUT2D eigenvalue weighted by Crippen LogP contribution is 2.13. The third-order valence-electron chi connectivity index (χ3n) is 2.42. The van der Waals surface area contributed by atoms with Crippen molar-refractivity contribution >= 4 is 11.9 Å². The van der Waals surface area contributed by atoms with E-state index in [1.807, 2.05) is 0 Å². The fourth-order valence-corrected chi connectivity index (χ4v) is 1.63. The molecule has 0 bridgehead atoms. The lowest BCUT2D eigenvalue weighted by Crippen LogP contribution is -2.37. The molecular formula is C9H14N4O2. The number of rotatable bonds is 2. The van der Waals surface area contributed by atoms with Gasteiger partial charge in [0.05, 0.1) is 5.92 Å². The average molecular weight is 210 g/mol. The zero-order chi connectivity index (χ0) is 10.7. The third-order valence-corrected chi connectivity index (χ3v) is 2.42. The number of carbonyl (C=O) groups excluding carboxylic acids is 1. The van der Waals surface area contributed by atoms with Crippen LogP contribution in [-0.2, 0) is 4.79 Å². The number of amides is 1. The van der Waals surface area contributed by atoms with E-state index < -0.39 is 0 Å². The molecule has 1 unspecified atom stereocenters. The van der Waals surface area contributed by atoms with Crippen molar-refractivity contribution in [1.29, 1.82) is 0 Å². The van der Waals surface area contributed by atoms with Gasteiger partial charge in [0.2, 0.25) is 11.8 Å². The Kier molecular flexibility index (Phi) is 2.96. The van der Waals surface area contributed by atoms with E-state index in [4.69, 9.17) is 4.42 Å². The predicted molar refractivity (Wildman–Crippen MR) is 53.3 cm³/mol. The summed E-state index contributed by atoms with van der Waals surface area (Å²) in [4.78, 5) is 11.7. The fourth-order valence-electron chi connectivity index (χ4n) is 1.63. The van der Waals surface area contributed by atoms with Gasteiger partial charge in [-0.3, -0.25) is 10.1 Å². The van der Waals surface area contributed by atoms with Crippen LogP contribution in [0.2, 0.25) is 0 Å². The van der Waals surface area contributed by atoms with Crippen LogP contribution in [0.15, 0.2) is 4.42 Å². The molecule has 2 rings (SSSR count). The molecule has 82 valence electrons. The number of aryl methyl sites for hydroxylation is 1. The second-order valence-corrected chi connectivity index (χ2v) is 3.66. The molecule has 15 heavy (non-hydrogen) atoms. The minimum atomic E-state index is -0.0501. The third kappa shape index (κ3) is 2.53. The molecule has 6 heteroatoms. The Labute approximate surface area is 87.4 Å². The molecule has 1 aliphatic heterocycles. The number of nitrogens with one attached hydrogen (secondary N) is 2. The summed E-state index contributed by atoms with van der Waals surface area (Å²) in [6.07, 6.45) is 1.94. The number of nitrogens with zero attached hydrogens (tertiary/aromatic N) is 2. The van der Waals surface area contributed by atoms with Crippen LogP contribution >= 0.6 is 0 Å². The minimum Gasteiger partial charge on any atom is -0.408 e. The van der Waals surface area contributed by atoms with Gasteiger partial charge in [0.1, 0.15) is 0 Å². The van der Waals surface area contributed by atoms with Crippen molar-refractivity contribution in [2.24, 2.45) is 5.92 Å². The molecule has 0 aromatic carbocycles. The molecule has 0 spiro atoms. The van der Waals surface area contributed by atoms with Gasteiger partial charge in [-0.25, -0.2) is 0 Å². The predicted octanol–water partition coefficient (Wildman–Crippen LogP) is 0.316. The molecule has 2 N–H and O–H groups in total. The number of piperidine rings is 1. The van der Waals surface area contributed by atoms with Crippen LogP contribution in [0.25, 0.3) is 0 Å². The Morgan fingerprint density at radius 2 is 2.47 bits per heavy atom. The Morgan fingerprint density at radius 3 is 3.07 bits per heavy atom. The number of hydrogen-bond acceptors (Lipinski definition) is 5. The summed E-state index contributed by atoms with van der Waals surface area (Å²) in [5, 5.41) is 13.1. The molecule has 1 saturated heterocycles. The molecule has 6 nitrogen and oxygen atoms in total. The largest absolute Gasteiger partial charge is 0.408 e. The first kappa shape index (κ1) is 10.1. The normalized spacial score (nSPS) is 21.3. The van der Waals surface area contributed by atoms with Gasteiger partial charge >= 0.3 is 6.01 Å². The van der Waals surface area contributed by atoms with Crippen LogP contribution in [0.5, 0.6) is 0 Å². The highest BCUT2D eigenvalue weighted by molar-refractivity contribution is 5.90. The molecule has 0 aliphatic carbocycles. The van der Waals surface area contributed by atoms with Crippen molar-refractivity contribution in [3.05, 3.63) is 5.89 Å². The second-order valence-electron chi connectivity index (χ2n) is 3.66. The zero-order valence-electron chi connectivity index (χ0n) is 8.62. The summed E-state index contributed by atoms with van der Waals surface area (Å²) in [5.74, 6) is 0.406. The van der Waals surface area contributed by atoms with Crippen molar-refractivity contribution in [2.45, 2.75) is 19.8 Å². The van der Waals surface area contributed by atoms with Crippen molar-refractivity contribution in [3.8, 4) is 0 Å². The highest BCUT2D eigenvalue weighted by Gasteiger charge is 2.22. The Morgan fingerprint density at radius 1 is 1.60 bits per heavy atom. The van der Waals surface area contributed by atoms with Crippen LogP contribution in [0.3, 0.4) is 0 Å². The number of carbonyl (C=O) groups is 1. The van der Waals surface area contributed by atoms with Gasteiger partial charge in [-0.15, -0.1) is 5.10 Å². The van der Waals surface area contributed by atoms with Crippen molar-refractivity contribution in [2.75, 3.05) is 18.4 Å². The van der Waals surface area contributed by atoms with Crippen molar-refractivity contribution in [1.82, 2.24) is 15.5 Å². The second kappa shape index (κ2) is 4.39. The van der Waals surface area contributed by atoms with E-state index in [0.717, 1.165) is 25.9 Å². The highest BCUT2D eigenvalue weighted by atomic mass is 16.4. The van der Waals surface area contributed by atoms with Crippen LogP contribution in [0.4, 0.5) is 6.01 Å². The summed E-state index contributed by atoms with van der Waals surface area (Å²) in [6.45, 7) is 3.40. The quantitative estimate of drug-likeness (QED) is 0.734. The maximum atomic E-state index is 11.7. The maximum absolute atomic E-state index is 11.7. The lowest BCUT2D eigenvalue weighted by Gasteiger charge is -2.20. The minimum absolute atomic E-state index is 0.00551. The van der Waals surface area contributed by atoms with E-state index in [0.29, 0.717) is 5.89 Å². The molecule has 0 saturated carbocycles. The molecule has 0 radical (unpaired) electrons. The van der Waals surface area contributed by atoms with E-state index in [-0.39, 0.29) is 17.8 Å². The standard InChI is InChI=1S/C9H14N4O2/c1-6-12-13-9(15-6)11-8(14)7-3-2-4-10-5-7/h7,10H,2-5H2,1H3,(H,11,13,14). The zero-order valence-corrected chi connectivity index (χ0v) is 8.62. The van der Waals surface area contributed by atoms with Gasteiger partial charge in [-0.05, 0) is 19.4 Å². The van der Waals surface area contributed by atoms with Crippen molar-refractivity contribution in [3.63, 3.8) is 0 Å². The lowest BCUT2D eigenvalue weighted by molar-refractivity contribution is -0.120. The van der Waals surface area contributed by atoms with Crippen molar-refractivity contribution < 1.29 is 9.21 Å². The number of anilines is 1. The first-order chi connectivity index (χ1) is 7.25. The topological polar surface area (TPSA) is 80.0 Å². The summed E-state index contributed by atoms with van der Waals surface area (Å²) >= 11 is 0. The average Bonchev–Trinajstić information content (AvgIpc) is 2.65. The van der Waals surface area contributed by atoms with Crippen LogP contribution in [-0.4, -0.2) is 29.2 Å². The molecule has 1 aliphatic rings. The van der Waals surface area contributed by atoms with Crippen LogP contribution in [0, 0.1) is 12.8 Å².